The highest BCUT2D eigenvalue weighted by Crippen LogP contribution is 2.34. The minimum atomic E-state index is 0.0114. The Labute approximate surface area is 207 Å². The molecule has 2 aromatic rings. The van der Waals surface area contributed by atoms with Gasteiger partial charge in [0.1, 0.15) is 5.65 Å². The number of hydrogen-bond acceptors (Lipinski definition) is 4. The van der Waals surface area contributed by atoms with Crippen molar-refractivity contribution in [2.24, 2.45) is 11.8 Å². The normalized spacial score (nSPS) is 21.9. The first-order chi connectivity index (χ1) is 17.0. The molecule has 184 valence electrons. The molecule has 6 nitrogen and oxygen atoms in total. The number of pyridine rings is 1. The van der Waals surface area contributed by atoms with Gasteiger partial charge in [-0.1, -0.05) is 26.0 Å². The molecule has 0 aliphatic carbocycles. The molecular formula is C29H36N4O2. The van der Waals surface area contributed by atoms with Gasteiger partial charge >= 0.3 is 0 Å². The number of nitrogens with zero attached hydrogens (tertiary/aromatic N) is 4. The van der Waals surface area contributed by atoms with Gasteiger partial charge in [-0.3, -0.25) is 9.69 Å². The van der Waals surface area contributed by atoms with Crippen LogP contribution < -0.4 is 0 Å². The van der Waals surface area contributed by atoms with E-state index in [2.05, 4.69) is 71.0 Å². The summed E-state index contributed by atoms with van der Waals surface area (Å²) in [6.07, 6.45) is 18.5. The zero-order valence-corrected chi connectivity index (χ0v) is 21.1. The van der Waals surface area contributed by atoms with Crippen molar-refractivity contribution in [1.29, 1.82) is 0 Å². The van der Waals surface area contributed by atoms with E-state index in [1.165, 1.54) is 11.1 Å². The van der Waals surface area contributed by atoms with Crippen LogP contribution in [0.1, 0.15) is 49.9 Å². The van der Waals surface area contributed by atoms with E-state index in [-0.39, 0.29) is 18.4 Å². The van der Waals surface area contributed by atoms with Crippen molar-refractivity contribution in [2.45, 2.75) is 46.5 Å². The number of allylic oxidation sites excluding steroid dienone is 5. The van der Waals surface area contributed by atoms with Gasteiger partial charge in [-0.2, -0.15) is 0 Å². The lowest BCUT2D eigenvalue weighted by atomic mass is 9.86. The van der Waals surface area contributed by atoms with Crippen LogP contribution in [0, 0.1) is 18.8 Å². The number of aliphatic hydroxyl groups excluding tert-OH is 1. The van der Waals surface area contributed by atoms with Crippen LogP contribution in [0.4, 0.5) is 0 Å². The average molecular weight is 473 g/mol. The maximum atomic E-state index is 13.6. The van der Waals surface area contributed by atoms with Gasteiger partial charge in [-0.05, 0) is 91.9 Å². The molecule has 35 heavy (non-hydrogen) atoms. The monoisotopic (exact) mass is 472 g/mol. The van der Waals surface area contributed by atoms with Gasteiger partial charge in [-0.25, -0.2) is 4.98 Å². The van der Waals surface area contributed by atoms with E-state index >= 15 is 0 Å². The Morgan fingerprint density at radius 1 is 1.17 bits per heavy atom. The Kier molecular flexibility index (Phi) is 6.76. The highest BCUT2D eigenvalue weighted by molar-refractivity contribution is 5.98. The molecule has 0 bridgehead atoms. The number of carbonyl (C=O) groups is 1. The molecule has 1 amide bonds. The standard InChI is InChI=1S/C29H36N4O2/c1-4-22-15-25(18-32-17-21(3)30-29(22)32)27-16-28(35)33-19-24(6-8-26(33)7-5-20(27)2)23-9-11-31(12-10-23)13-14-34/h6-8,15-20,23,34H,4-5,9-14H2,1-3H3. The lowest BCUT2D eigenvalue weighted by Crippen LogP contribution is -2.36. The van der Waals surface area contributed by atoms with E-state index in [9.17, 15) is 9.90 Å². The summed E-state index contributed by atoms with van der Waals surface area (Å²) in [7, 11) is 0. The number of piperidine rings is 1. The molecule has 1 unspecified atom stereocenters. The molecule has 2 aromatic heterocycles. The van der Waals surface area contributed by atoms with Crippen molar-refractivity contribution in [3.63, 3.8) is 0 Å². The first-order valence-electron chi connectivity index (χ1n) is 12.9. The van der Waals surface area contributed by atoms with Crippen molar-refractivity contribution in [3.8, 4) is 0 Å². The van der Waals surface area contributed by atoms with Crippen LogP contribution in [-0.2, 0) is 11.2 Å². The summed E-state index contributed by atoms with van der Waals surface area (Å²) in [5, 5.41) is 9.22. The van der Waals surface area contributed by atoms with Crippen molar-refractivity contribution < 1.29 is 9.90 Å². The first kappa shape index (κ1) is 23.8. The van der Waals surface area contributed by atoms with E-state index < -0.39 is 0 Å². The Bertz CT molecular complexity index is 1240. The zero-order chi connectivity index (χ0) is 24.5. The Balaban J connectivity index is 1.44. The second-order valence-corrected chi connectivity index (χ2v) is 10.1. The van der Waals surface area contributed by atoms with Crippen molar-refractivity contribution in [3.05, 3.63) is 77.1 Å². The minimum absolute atomic E-state index is 0.0114. The predicted octanol–water partition coefficient (Wildman–Crippen LogP) is 4.50. The summed E-state index contributed by atoms with van der Waals surface area (Å²) >= 11 is 0. The summed E-state index contributed by atoms with van der Waals surface area (Å²) in [6, 6.07) is 2.21. The van der Waals surface area contributed by atoms with Gasteiger partial charge in [0.15, 0.2) is 0 Å². The molecule has 3 aliphatic heterocycles. The maximum Gasteiger partial charge on any atom is 0.255 e. The fourth-order valence-corrected chi connectivity index (χ4v) is 5.61. The third-order valence-corrected chi connectivity index (χ3v) is 7.67. The highest BCUT2D eigenvalue weighted by Gasteiger charge is 2.27. The molecule has 3 aliphatic rings. The quantitative estimate of drug-likeness (QED) is 0.696. The second-order valence-electron chi connectivity index (χ2n) is 10.1. The van der Waals surface area contributed by atoms with E-state index in [1.54, 1.807) is 0 Å². The van der Waals surface area contributed by atoms with Crippen LogP contribution in [0.3, 0.4) is 0 Å². The topological polar surface area (TPSA) is 61.1 Å². The first-order valence-corrected chi connectivity index (χ1v) is 12.9. The van der Waals surface area contributed by atoms with Crippen LogP contribution >= 0.6 is 0 Å². The molecule has 0 spiro atoms. The van der Waals surface area contributed by atoms with E-state index in [4.69, 9.17) is 0 Å². The fourth-order valence-electron chi connectivity index (χ4n) is 5.61. The molecule has 0 radical (unpaired) electrons. The second kappa shape index (κ2) is 9.96. The summed E-state index contributed by atoms with van der Waals surface area (Å²) in [5.41, 5.74) is 7.57. The molecule has 1 atom stereocenters. The number of rotatable bonds is 5. The number of aryl methyl sites for hydroxylation is 2. The Hall–Kier alpha value is -2.96. The molecule has 1 fully saturated rings. The largest absolute Gasteiger partial charge is 0.395 e. The number of carbonyl (C=O) groups excluding carboxylic acids is 1. The van der Waals surface area contributed by atoms with E-state index in [0.717, 1.165) is 73.5 Å². The van der Waals surface area contributed by atoms with E-state index in [0.29, 0.717) is 5.92 Å². The van der Waals surface area contributed by atoms with Crippen molar-refractivity contribution in [1.82, 2.24) is 19.2 Å². The molecule has 1 saturated heterocycles. The molecule has 0 saturated carbocycles. The lowest BCUT2D eigenvalue weighted by Gasteiger charge is -2.34. The van der Waals surface area contributed by atoms with Crippen LogP contribution in [0.15, 0.2) is 60.2 Å². The Morgan fingerprint density at radius 3 is 2.71 bits per heavy atom. The molecule has 1 N–H and O–H groups in total. The third kappa shape index (κ3) is 4.78. The number of aliphatic hydroxyl groups is 1. The van der Waals surface area contributed by atoms with Crippen molar-refractivity contribution in [2.75, 3.05) is 26.2 Å². The number of amides is 1. The Morgan fingerprint density at radius 2 is 1.97 bits per heavy atom. The third-order valence-electron chi connectivity index (χ3n) is 7.67. The van der Waals surface area contributed by atoms with Gasteiger partial charge < -0.3 is 14.4 Å². The van der Waals surface area contributed by atoms with Crippen LogP contribution in [-0.4, -0.2) is 56.4 Å². The average Bonchev–Trinajstić information content (AvgIpc) is 3.25. The number of hydrogen-bond donors (Lipinski definition) is 1. The number of fused-ring (bicyclic) bond motifs is 2. The summed E-state index contributed by atoms with van der Waals surface area (Å²) in [4.78, 5) is 22.4. The SMILES string of the molecule is CCc1cc(C2=CC(=O)N3C=C(C4CCN(CCO)CC4)C=CC3=CCC2C)cn2cc(C)nc12. The van der Waals surface area contributed by atoms with Gasteiger partial charge in [0.05, 0.1) is 12.3 Å². The van der Waals surface area contributed by atoms with Crippen LogP contribution in [0.2, 0.25) is 0 Å². The number of β-amino-alcohol motifs (C(OH)–C–C–N with tert-alkyl or cyclic N) is 1. The van der Waals surface area contributed by atoms with Crippen LogP contribution in [0.5, 0.6) is 0 Å². The zero-order valence-electron chi connectivity index (χ0n) is 21.1. The maximum absolute atomic E-state index is 13.6. The fraction of sp³-hybridized carbons (Fsp3) is 0.448. The summed E-state index contributed by atoms with van der Waals surface area (Å²) in [6.45, 7) is 9.31. The number of imidazole rings is 1. The number of aromatic nitrogens is 2. The van der Waals surface area contributed by atoms with Crippen LogP contribution in [0.25, 0.3) is 11.2 Å². The molecule has 5 heterocycles. The molecule has 6 heteroatoms. The smallest absolute Gasteiger partial charge is 0.255 e. The minimum Gasteiger partial charge on any atom is -0.395 e. The molecule has 0 aromatic carbocycles. The van der Waals surface area contributed by atoms with Crippen molar-refractivity contribution >= 4 is 17.1 Å². The van der Waals surface area contributed by atoms with Gasteiger partial charge in [0.2, 0.25) is 0 Å². The predicted molar refractivity (Wildman–Crippen MR) is 139 cm³/mol. The van der Waals surface area contributed by atoms with Gasteiger partial charge in [0, 0.05) is 36.9 Å². The number of likely N-dealkylation sites (tertiary alicyclic amines) is 1. The van der Waals surface area contributed by atoms with Gasteiger partial charge in [0.25, 0.3) is 5.91 Å². The summed E-state index contributed by atoms with van der Waals surface area (Å²) < 4.78 is 2.10. The molecule has 5 rings (SSSR count). The lowest BCUT2D eigenvalue weighted by molar-refractivity contribution is -0.122. The highest BCUT2D eigenvalue weighted by atomic mass is 16.3. The van der Waals surface area contributed by atoms with Gasteiger partial charge in [-0.15, -0.1) is 0 Å². The van der Waals surface area contributed by atoms with E-state index in [1.807, 2.05) is 17.9 Å². The summed E-state index contributed by atoms with van der Waals surface area (Å²) in [5.74, 6) is 0.690. The molecular weight excluding hydrogens is 436 g/mol.